The minimum Gasteiger partial charge on any atom is -0.463 e. The average Bonchev–Trinajstić information content (AvgIpc) is 3.49. The van der Waals surface area contributed by atoms with E-state index in [1.165, 1.54) is 22.3 Å². The first-order valence-electron chi connectivity index (χ1n) is 11.9. The Morgan fingerprint density at radius 1 is 0.500 bits per heavy atom. The van der Waals surface area contributed by atoms with Crippen molar-refractivity contribution in [1.29, 1.82) is 0 Å². The summed E-state index contributed by atoms with van der Waals surface area (Å²) in [5.41, 5.74) is 9.66. The summed E-state index contributed by atoms with van der Waals surface area (Å²) >= 11 is 0. The van der Waals surface area contributed by atoms with E-state index in [0.717, 1.165) is 22.3 Å². The second kappa shape index (κ2) is 9.65. The van der Waals surface area contributed by atoms with Crippen LogP contribution in [0, 0.1) is 13.8 Å². The van der Waals surface area contributed by atoms with Crippen LogP contribution in [-0.2, 0) is 0 Å². The van der Waals surface area contributed by atoms with E-state index in [0.29, 0.717) is 0 Å². The van der Waals surface area contributed by atoms with E-state index in [1.54, 1.807) is 0 Å². The number of hydrogen-bond acceptors (Lipinski definition) is 2. The van der Waals surface area contributed by atoms with Crippen LogP contribution in [0.3, 0.4) is 0 Å². The molecule has 0 bridgehead atoms. The van der Waals surface area contributed by atoms with E-state index in [4.69, 9.17) is 8.83 Å². The third kappa shape index (κ3) is 5.69. The van der Waals surface area contributed by atoms with E-state index in [-0.39, 0.29) is 0 Å². The molecule has 0 amide bonds. The maximum absolute atomic E-state index is 6.32. The largest absolute Gasteiger partial charge is 0.463 e. The number of aryl methyl sites for hydroxylation is 2. The van der Waals surface area contributed by atoms with E-state index in [9.17, 15) is 0 Å². The minimum atomic E-state index is -1.86. The van der Waals surface area contributed by atoms with E-state index >= 15 is 0 Å². The lowest BCUT2D eigenvalue weighted by Crippen LogP contribution is -2.38. The molecule has 0 spiro atoms. The van der Waals surface area contributed by atoms with Crippen molar-refractivity contribution in [1.82, 2.24) is 0 Å². The Bertz CT molecular complexity index is 1200. The fraction of sp³-hybridized carbons (Fsp3) is 0.200. The molecule has 34 heavy (non-hydrogen) atoms. The van der Waals surface area contributed by atoms with Crippen LogP contribution in [-0.4, -0.2) is 16.1 Å². The molecule has 0 atom stereocenters. The lowest BCUT2D eigenvalue weighted by molar-refractivity contribution is 0.553. The van der Waals surface area contributed by atoms with Crippen LogP contribution >= 0.6 is 0 Å². The Morgan fingerprint density at radius 3 is 1.21 bits per heavy atom. The standard InChI is InChI=1S/C30H34O2Si2/c1-23-7-11-25(12-8-23)19-21-33(3,4)29-17-15-27(31-29)28-16-18-30(32-28)34(5,6)22-20-26-13-9-24(2)10-14-26/h7-22H,1-6H3. The molecule has 0 aliphatic carbocycles. The van der Waals surface area contributed by atoms with Crippen LogP contribution < -0.4 is 10.8 Å². The van der Waals surface area contributed by atoms with Crippen LogP contribution in [0.5, 0.6) is 0 Å². The first-order valence-corrected chi connectivity index (χ1v) is 18.0. The van der Waals surface area contributed by atoms with Crippen molar-refractivity contribution in [2.45, 2.75) is 40.0 Å². The summed E-state index contributed by atoms with van der Waals surface area (Å²) in [4.78, 5) is 0. The van der Waals surface area contributed by atoms with Gasteiger partial charge in [-0.2, -0.15) is 0 Å². The van der Waals surface area contributed by atoms with Gasteiger partial charge in [-0.3, -0.25) is 0 Å². The number of benzene rings is 2. The Morgan fingerprint density at radius 2 is 0.853 bits per heavy atom. The number of rotatable bonds is 7. The highest BCUT2D eigenvalue weighted by Gasteiger charge is 2.27. The van der Waals surface area contributed by atoms with Gasteiger partial charge >= 0.3 is 0 Å². The molecule has 2 nitrogen and oxygen atoms in total. The quantitative estimate of drug-likeness (QED) is 0.255. The molecular formula is C30H34O2Si2. The molecule has 0 fully saturated rings. The van der Waals surface area contributed by atoms with E-state index in [2.05, 4.69) is 124 Å². The molecular weight excluding hydrogens is 449 g/mol. The molecule has 0 N–H and O–H groups in total. The Kier molecular flexibility index (Phi) is 6.82. The summed E-state index contributed by atoms with van der Waals surface area (Å²) in [5, 5.41) is 2.11. The van der Waals surface area contributed by atoms with Crippen LogP contribution in [0.25, 0.3) is 23.7 Å². The molecule has 4 aromatic rings. The van der Waals surface area contributed by atoms with Crippen LogP contribution in [0.1, 0.15) is 22.3 Å². The number of furan rings is 2. The van der Waals surface area contributed by atoms with Gasteiger partial charge in [0.15, 0.2) is 11.5 Å². The van der Waals surface area contributed by atoms with Crippen molar-refractivity contribution in [3.05, 3.63) is 106 Å². The minimum absolute atomic E-state index is 0.804. The Balaban J connectivity index is 1.50. The predicted octanol–water partition coefficient (Wildman–Crippen LogP) is 7.49. The van der Waals surface area contributed by atoms with Gasteiger partial charge in [0, 0.05) is 0 Å². The third-order valence-corrected chi connectivity index (χ3v) is 11.3. The van der Waals surface area contributed by atoms with Gasteiger partial charge in [-0.25, -0.2) is 0 Å². The van der Waals surface area contributed by atoms with E-state index in [1.807, 2.05) is 12.1 Å². The van der Waals surface area contributed by atoms with Gasteiger partial charge in [-0.15, -0.1) is 0 Å². The van der Waals surface area contributed by atoms with Gasteiger partial charge in [0.1, 0.15) is 16.1 Å². The Labute approximate surface area is 205 Å². The molecule has 2 aromatic carbocycles. The normalized spacial score (nSPS) is 12.8. The summed E-state index contributed by atoms with van der Waals surface area (Å²) in [5.74, 6) is 1.61. The van der Waals surface area contributed by atoms with Crippen LogP contribution in [0.15, 0.2) is 93.0 Å². The molecule has 174 valence electrons. The fourth-order valence-electron chi connectivity index (χ4n) is 3.76. The highest BCUT2D eigenvalue weighted by Crippen LogP contribution is 2.23. The van der Waals surface area contributed by atoms with Gasteiger partial charge in [-0.1, -0.05) is 109 Å². The molecule has 0 unspecified atom stereocenters. The van der Waals surface area contributed by atoms with Crippen molar-refractivity contribution in [3.8, 4) is 11.5 Å². The molecule has 2 aromatic heterocycles. The molecule has 0 saturated heterocycles. The lowest BCUT2D eigenvalue weighted by Gasteiger charge is -2.15. The van der Waals surface area contributed by atoms with Gasteiger partial charge in [0.2, 0.25) is 0 Å². The van der Waals surface area contributed by atoms with Crippen molar-refractivity contribution >= 4 is 39.1 Å². The second-order valence-corrected chi connectivity index (χ2v) is 18.8. The van der Waals surface area contributed by atoms with E-state index < -0.39 is 16.1 Å². The number of hydrogen-bond donors (Lipinski definition) is 0. The van der Waals surface area contributed by atoms with Gasteiger partial charge in [-0.05, 0) is 49.2 Å². The third-order valence-electron chi connectivity index (χ3n) is 6.26. The van der Waals surface area contributed by atoms with Gasteiger partial charge in [0.05, 0.1) is 10.8 Å². The summed E-state index contributed by atoms with van der Waals surface area (Å²) in [6.45, 7) is 13.4. The zero-order chi connectivity index (χ0) is 24.3. The highest BCUT2D eigenvalue weighted by molar-refractivity contribution is 6.94. The highest BCUT2D eigenvalue weighted by atomic mass is 28.3. The predicted molar refractivity (Wildman–Crippen MR) is 151 cm³/mol. The SMILES string of the molecule is Cc1ccc(C=C[Si](C)(C)c2ccc(-c3ccc([Si](C)(C)C=Cc4ccc(C)cc4)o3)o2)cc1. The molecule has 0 aliphatic heterocycles. The molecule has 4 rings (SSSR count). The van der Waals surface area contributed by atoms with Crippen molar-refractivity contribution in [2.24, 2.45) is 0 Å². The maximum atomic E-state index is 6.32. The van der Waals surface area contributed by atoms with Crippen molar-refractivity contribution < 1.29 is 8.83 Å². The zero-order valence-electron chi connectivity index (χ0n) is 21.1. The second-order valence-electron chi connectivity index (χ2n) is 10.3. The molecule has 4 heteroatoms. The fourth-order valence-corrected chi connectivity index (χ4v) is 7.08. The summed E-state index contributed by atoms with van der Waals surface area (Å²) in [6.07, 6.45) is 4.43. The molecule has 0 aliphatic rings. The molecule has 0 saturated carbocycles. The first kappa shape index (κ1) is 24.1. The average molecular weight is 483 g/mol. The van der Waals surface area contributed by atoms with Crippen LogP contribution in [0.2, 0.25) is 26.2 Å². The summed E-state index contributed by atoms with van der Waals surface area (Å²) < 4.78 is 12.6. The smallest absolute Gasteiger partial charge is 0.168 e. The molecule has 2 heterocycles. The topological polar surface area (TPSA) is 26.3 Å². The molecule has 0 radical (unpaired) electrons. The van der Waals surface area contributed by atoms with Crippen molar-refractivity contribution in [3.63, 3.8) is 0 Å². The van der Waals surface area contributed by atoms with Crippen LogP contribution in [0.4, 0.5) is 0 Å². The first-order chi connectivity index (χ1) is 16.1. The summed E-state index contributed by atoms with van der Waals surface area (Å²) in [6, 6.07) is 25.5. The lowest BCUT2D eigenvalue weighted by atomic mass is 10.2. The summed E-state index contributed by atoms with van der Waals surface area (Å²) in [7, 11) is -3.73. The van der Waals surface area contributed by atoms with Gasteiger partial charge in [0.25, 0.3) is 0 Å². The Hall–Kier alpha value is -3.09. The zero-order valence-corrected chi connectivity index (χ0v) is 23.1. The maximum Gasteiger partial charge on any atom is 0.168 e. The monoisotopic (exact) mass is 482 g/mol. The van der Waals surface area contributed by atoms with Gasteiger partial charge < -0.3 is 8.83 Å². The van der Waals surface area contributed by atoms with Crippen molar-refractivity contribution in [2.75, 3.05) is 0 Å².